The monoisotopic (exact) mass is 1160 g/mol. The van der Waals surface area contributed by atoms with Crippen LogP contribution in [-0.4, -0.2) is 19.5 Å². The Morgan fingerprint density at radius 2 is 0.824 bits per heavy atom. The Kier molecular flexibility index (Phi) is 14.3. The largest absolute Gasteiger partial charge is 0.462 e. The molecule has 85 heavy (non-hydrogen) atoms. The Morgan fingerprint density at radius 3 is 1.46 bits per heavy atom. The summed E-state index contributed by atoms with van der Waals surface area (Å²) < 4.78 is 14.1. The molecular weight excluding hydrogens is 1110 g/mol. The molecule has 16 rings (SSSR count). The van der Waals surface area contributed by atoms with Gasteiger partial charge < -0.3 is 23.6 Å². The van der Waals surface area contributed by atoms with E-state index in [-0.39, 0.29) is 0 Å². The Balaban J connectivity index is 0.000000128. The Hall–Kier alpha value is -10.4. The van der Waals surface area contributed by atoms with Gasteiger partial charge >= 0.3 is 0 Å². The lowest BCUT2D eigenvalue weighted by atomic mass is 10.0. The van der Waals surface area contributed by atoms with Crippen molar-refractivity contribution in [1.82, 2.24) is 19.5 Å². The van der Waals surface area contributed by atoms with Crippen LogP contribution in [0.1, 0.15) is 0 Å². The van der Waals surface area contributed by atoms with Crippen LogP contribution in [0.4, 0.5) is 34.1 Å². The normalized spacial score (nSPS) is 11.2. The van der Waals surface area contributed by atoms with Crippen molar-refractivity contribution in [3.63, 3.8) is 0 Å². The molecule has 0 saturated carbocycles. The van der Waals surface area contributed by atoms with Gasteiger partial charge in [-0.1, -0.05) is 205 Å². The van der Waals surface area contributed by atoms with Crippen LogP contribution in [0, 0.1) is 0 Å². The lowest BCUT2D eigenvalue weighted by molar-refractivity contribution is 0.616. The van der Waals surface area contributed by atoms with Gasteiger partial charge in [-0.25, -0.2) is 9.97 Å². The highest BCUT2D eigenvalue weighted by atomic mass is 35.5. The van der Waals surface area contributed by atoms with Crippen LogP contribution < -0.4 is 9.80 Å². The fraction of sp³-hybridized carbons (Fsp3) is 0. The van der Waals surface area contributed by atoms with Crippen molar-refractivity contribution in [1.29, 1.82) is 0 Å². The first-order valence-corrected chi connectivity index (χ1v) is 28.8. The molecule has 0 aliphatic heterocycles. The van der Waals surface area contributed by atoms with E-state index in [4.69, 9.17) is 48.6 Å². The van der Waals surface area contributed by atoms with E-state index in [1.807, 2.05) is 128 Å². The number of halogens is 3. The standard InChI is InChI=1S/C37H24ClN3O.C26H17Cl2NO.C11H8N2/c38-36-32(20-10-21-33(36)41-31-19-8-5-15-27(31)28-17-11-23-39-37(28)41)40(34-24-42-35-22-9-6-16-29(34)35)30-18-7-4-14-26(30)25-12-2-1-3-13-25;27-21-13-8-15-23(26(21)28)29(24-17-30-25-16-7-5-12-20(24)25)22-14-6-4-11-19(22)18-9-2-1-3-10-18;1-2-6-10-8(4-1)9-5-3-7-12-11(9)13-10/h1-24H;1-17H;1-7H,(H,12,13). The lowest BCUT2D eigenvalue weighted by Crippen LogP contribution is -2.12. The summed E-state index contributed by atoms with van der Waals surface area (Å²) in [6.07, 6.45) is 7.22. The SMILES string of the molecule is Clc1c(N(c2ccccc2-c2ccccc2)c2coc3ccccc23)cccc1-n1c2ccccc2c2cccnc21.Clc1cccc(N(c2ccccc2-c2ccccc2)c2coc3ccccc23)c1Cl.c1ccc2c(c1)[nH]c1ncccc12. The van der Waals surface area contributed by atoms with Crippen LogP contribution in [-0.2, 0) is 0 Å². The zero-order valence-electron chi connectivity index (χ0n) is 45.4. The molecular formula is C74H49Cl3N6O2. The van der Waals surface area contributed by atoms with Gasteiger partial charge in [-0.05, 0) is 108 Å². The second kappa shape index (κ2) is 23.1. The van der Waals surface area contributed by atoms with Crippen LogP contribution in [0.15, 0.2) is 301 Å². The van der Waals surface area contributed by atoms with Crippen LogP contribution in [0.2, 0.25) is 15.1 Å². The summed E-state index contributed by atoms with van der Waals surface area (Å²) >= 11 is 20.6. The van der Waals surface area contributed by atoms with E-state index in [0.717, 1.165) is 117 Å². The minimum absolute atomic E-state index is 0.493. The van der Waals surface area contributed by atoms with E-state index in [0.29, 0.717) is 15.1 Å². The summed E-state index contributed by atoms with van der Waals surface area (Å²) in [5.41, 5.74) is 16.3. The second-order valence-electron chi connectivity index (χ2n) is 20.2. The zero-order chi connectivity index (χ0) is 57.2. The maximum atomic E-state index is 7.49. The molecule has 408 valence electrons. The number of hydrogen-bond acceptors (Lipinski definition) is 6. The number of anilines is 6. The Bertz CT molecular complexity index is 4950. The fourth-order valence-corrected chi connectivity index (χ4v) is 12.0. The molecule has 0 unspecified atom stereocenters. The number of nitrogens with zero attached hydrogens (tertiary/aromatic N) is 5. The van der Waals surface area contributed by atoms with Gasteiger partial charge in [0.05, 0.1) is 60.4 Å². The zero-order valence-corrected chi connectivity index (χ0v) is 47.7. The van der Waals surface area contributed by atoms with Gasteiger partial charge in [0.1, 0.15) is 35.0 Å². The smallest absolute Gasteiger partial charge is 0.145 e. The van der Waals surface area contributed by atoms with Crippen LogP contribution in [0.5, 0.6) is 0 Å². The quantitative estimate of drug-likeness (QED) is 0.155. The predicted molar refractivity (Wildman–Crippen MR) is 353 cm³/mol. The third kappa shape index (κ3) is 9.88. The molecule has 16 aromatic rings. The molecule has 11 heteroatoms. The number of nitrogens with one attached hydrogen (secondary N) is 1. The highest BCUT2D eigenvalue weighted by Crippen LogP contribution is 2.50. The number of furan rings is 2. The molecule has 0 fully saturated rings. The van der Waals surface area contributed by atoms with Crippen molar-refractivity contribution in [2.75, 3.05) is 9.80 Å². The number of pyridine rings is 2. The van der Waals surface area contributed by atoms with E-state index in [9.17, 15) is 0 Å². The average Bonchev–Trinajstić information content (AvgIpc) is 3.96. The van der Waals surface area contributed by atoms with Gasteiger partial charge in [0, 0.05) is 61.4 Å². The summed E-state index contributed by atoms with van der Waals surface area (Å²) in [4.78, 5) is 16.6. The minimum Gasteiger partial charge on any atom is -0.462 e. The number of rotatable bonds is 9. The van der Waals surface area contributed by atoms with Gasteiger partial charge in [-0.15, -0.1) is 0 Å². The molecule has 0 spiro atoms. The van der Waals surface area contributed by atoms with E-state index in [1.54, 1.807) is 18.5 Å². The van der Waals surface area contributed by atoms with Crippen molar-refractivity contribution in [3.8, 4) is 27.9 Å². The van der Waals surface area contributed by atoms with Crippen molar-refractivity contribution >= 4 is 135 Å². The summed E-state index contributed by atoms with van der Waals surface area (Å²) in [6.45, 7) is 0. The van der Waals surface area contributed by atoms with E-state index in [1.165, 1.54) is 10.8 Å². The van der Waals surface area contributed by atoms with Gasteiger partial charge in [0.2, 0.25) is 0 Å². The molecule has 0 radical (unpaired) electrons. The number of aromatic nitrogens is 4. The van der Waals surface area contributed by atoms with E-state index >= 15 is 0 Å². The first kappa shape index (κ1) is 52.7. The molecule has 10 aromatic carbocycles. The number of para-hydroxylation sites is 6. The Labute approximate surface area is 504 Å². The first-order chi connectivity index (χ1) is 42.0. The molecule has 0 aliphatic rings. The van der Waals surface area contributed by atoms with Gasteiger partial charge in [0.15, 0.2) is 0 Å². The molecule has 1 N–H and O–H groups in total. The molecule has 0 saturated heterocycles. The summed E-state index contributed by atoms with van der Waals surface area (Å²) in [7, 11) is 0. The maximum Gasteiger partial charge on any atom is 0.145 e. The van der Waals surface area contributed by atoms with Gasteiger partial charge in [-0.2, -0.15) is 0 Å². The summed E-state index contributed by atoms with van der Waals surface area (Å²) in [5, 5.41) is 8.26. The molecule has 0 amide bonds. The van der Waals surface area contributed by atoms with Crippen molar-refractivity contribution < 1.29 is 8.83 Å². The number of H-pyrrole nitrogens is 1. The van der Waals surface area contributed by atoms with Crippen LogP contribution in [0.3, 0.4) is 0 Å². The van der Waals surface area contributed by atoms with Gasteiger partial charge in [0.25, 0.3) is 0 Å². The van der Waals surface area contributed by atoms with Gasteiger partial charge in [-0.3, -0.25) is 4.57 Å². The van der Waals surface area contributed by atoms with Crippen LogP contribution in [0.25, 0.3) is 93.8 Å². The summed E-state index contributed by atoms with van der Waals surface area (Å²) in [5.74, 6) is 0. The van der Waals surface area contributed by atoms with E-state index < -0.39 is 0 Å². The van der Waals surface area contributed by atoms with Crippen molar-refractivity contribution in [2.24, 2.45) is 0 Å². The second-order valence-corrected chi connectivity index (χ2v) is 21.3. The van der Waals surface area contributed by atoms with Crippen LogP contribution >= 0.6 is 34.8 Å². The predicted octanol–water partition coefficient (Wildman–Crippen LogP) is 22.3. The molecule has 0 atom stereocenters. The topological polar surface area (TPSA) is 79.3 Å². The molecule has 6 aromatic heterocycles. The van der Waals surface area contributed by atoms with Crippen molar-refractivity contribution in [3.05, 3.63) is 307 Å². The van der Waals surface area contributed by atoms with Crippen molar-refractivity contribution in [2.45, 2.75) is 0 Å². The number of aromatic amines is 1. The first-order valence-electron chi connectivity index (χ1n) is 27.7. The fourth-order valence-electron chi connectivity index (χ4n) is 11.3. The highest BCUT2D eigenvalue weighted by Gasteiger charge is 2.27. The molecule has 6 heterocycles. The average molecular weight is 1160 g/mol. The number of hydrogen-bond donors (Lipinski definition) is 1. The lowest BCUT2D eigenvalue weighted by Gasteiger charge is -2.28. The molecule has 0 aliphatic carbocycles. The Morgan fingerprint density at radius 1 is 0.353 bits per heavy atom. The summed E-state index contributed by atoms with van der Waals surface area (Å²) in [6, 6.07) is 90.0. The third-order valence-electron chi connectivity index (χ3n) is 15.2. The molecule has 8 nitrogen and oxygen atoms in total. The number of benzene rings is 10. The highest BCUT2D eigenvalue weighted by molar-refractivity contribution is 6.44. The van der Waals surface area contributed by atoms with E-state index in [2.05, 4.69) is 170 Å². The maximum absolute atomic E-state index is 7.49. The third-order valence-corrected chi connectivity index (χ3v) is 16.4. The number of fused-ring (bicyclic) bond motifs is 8. The molecule has 0 bridgehead atoms. The minimum atomic E-state index is 0.493.